The van der Waals surface area contributed by atoms with E-state index in [1.807, 2.05) is 42.0 Å². The first-order chi connectivity index (χ1) is 14.0. The molecule has 0 saturated carbocycles. The van der Waals surface area contributed by atoms with Crippen molar-refractivity contribution in [1.82, 2.24) is 28.7 Å². The zero-order valence-corrected chi connectivity index (χ0v) is 21.5. The molecule has 0 bridgehead atoms. The van der Waals surface area contributed by atoms with Gasteiger partial charge in [0.2, 0.25) is 0 Å². The maximum atomic E-state index is 6.26. The Morgan fingerprint density at radius 1 is 0.967 bits per heavy atom. The third-order valence-electron chi connectivity index (χ3n) is 5.30. The van der Waals surface area contributed by atoms with Crippen LogP contribution in [0.3, 0.4) is 0 Å². The molecule has 0 unspecified atom stereocenters. The van der Waals surface area contributed by atoms with Crippen LogP contribution in [0, 0.1) is 0 Å². The Balaban J connectivity index is 0.000000735. The molecule has 0 amide bonds. The summed E-state index contributed by atoms with van der Waals surface area (Å²) in [5.74, 6) is 1.58. The zero-order valence-electron chi connectivity index (χ0n) is 18.1. The van der Waals surface area contributed by atoms with Crippen molar-refractivity contribution in [2.45, 2.75) is 44.8 Å². The molecule has 0 aliphatic heterocycles. The molecule has 0 aliphatic rings. The van der Waals surface area contributed by atoms with E-state index in [1.165, 1.54) is 0 Å². The second-order valence-corrected chi connectivity index (χ2v) is 13.2. The molecule has 0 saturated heterocycles. The molecule has 0 fully saturated rings. The van der Waals surface area contributed by atoms with Gasteiger partial charge in [-0.1, -0.05) is 13.8 Å². The minimum atomic E-state index is -1.33. The van der Waals surface area contributed by atoms with E-state index in [0.717, 1.165) is 17.3 Å². The van der Waals surface area contributed by atoms with Crippen molar-refractivity contribution in [2.75, 3.05) is 7.11 Å². The van der Waals surface area contributed by atoms with E-state index in [2.05, 4.69) is 48.4 Å². The van der Waals surface area contributed by atoms with Crippen LogP contribution in [0.2, 0.25) is 0 Å². The van der Waals surface area contributed by atoms with Gasteiger partial charge in [-0.2, -0.15) is 0 Å². The number of rotatable bonds is 6. The van der Waals surface area contributed by atoms with Crippen LogP contribution >= 0.6 is 30.3 Å². The predicted octanol–water partition coefficient (Wildman–Crippen LogP) is 4.86. The molecule has 169 valence electrons. The van der Waals surface area contributed by atoms with Gasteiger partial charge >= 0.3 is 41.5 Å². The average molecular weight is 519 g/mol. The molecule has 7 nitrogen and oxygen atoms in total. The molecule has 0 radical (unpaired) electrons. The van der Waals surface area contributed by atoms with E-state index in [-0.39, 0.29) is 0 Å². The van der Waals surface area contributed by atoms with E-state index in [0.29, 0.717) is 6.04 Å². The van der Waals surface area contributed by atoms with Gasteiger partial charge in [0.15, 0.2) is 5.60 Å². The fourth-order valence-corrected chi connectivity index (χ4v) is 3.63. The van der Waals surface area contributed by atoms with Gasteiger partial charge in [0.25, 0.3) is 0 Å². The number of aryl methyl sites for hydroxylation is 2. The average Bonchev–Trinajstić information content (AvgIpc) is 3.38. The normalized spacial score (nSPS) is 12.7. The Morgan fingerprint density at radius 2 is 1.43 bits per heavy atom. The number of methoxy groups -OCH3 is 1. The molecular weight excluding hydrogens is 490 g/mol. The van der Waals surface area contributed by atoms with Gasteiger partial charge in [0.05, 0.1) is 17.4 Å². The van der Waals surface area contributed by atoms with E-state index in [9.17, 15) is 0 Å². The predicted molar refractivity (Wildman–Crippen MR) is 117 cm³/mol. The van der Waals surface area contributed by atoms with E-state index in [4.69, 9.17) is 40.0 Å². The van der Waals surface area contributed by atoms with Crippen molar-refractivity contribution in [3.8, 4) is 0 Å². The van der Waals surface area contributed by atoms with Crippen molar-refractivity contribution in [3.05, 3.63) is 54.7 Å². The third kappa shape index (κ3) is 4.74. The van der Waals surface area contributed by atoms with Gasteiger partial charge < -0.3 is 18.4 Å². The van der Waals surface area contributed by atoms with Gasteiger partial charge in [0, 0.05) is 58.2 Å². The number of hydrogen-bond acceptors (Lipinski definition) is 4. The molecule has 11 heteroatoms. The molecule has 3 heterocycles. The Bertz CT molecular complexity index is 907. The standard InChI is InChI=1S/C19H28N6O.3ClH.Fe/c1-14(2)25-12-15(22-13-25)18(3,4)19(26-7,16-20-8-10-23(16)5)17-21-9-11-24(17)6;;;;/h8-14H,1-7H3;3*1H;/q;;;;+3/p-3. The van der Waals surface area contributed by atoms with E-state index >= 15 is 0 Å². The summed E-state index contributed by atoms with van der Waals surface area (Å²) in [6.45, 7) is 8.54. The number of hydrogen-bond donors (Lipinski definition) is 0. The number of halogens is 3. The van der Waals surface area contributed by atoms with Crippen molar-refractivity contribution in [1.29, 1.82) is 0 Å². The first-order valence-corrected chi connectivity index (χ1v) is 13.8. The van der Waals surface area contributed by atoms with Gasteiger partial charge in [-0.25, -0.2) is 15.0 Å². The summed E-state index contributed by atoms with van der Waals surface area (Å²) < 4.78 is 12.3. The fourth-order valence-electron chi connectivity index (χ4n) is 3.63. The molecule has 0 aliphatic carbocycles. The van der Waals surface area contributed by atoms with Crippen LogP contribution < -0.4 is 0 Å². The molecule has 0 spiro atoms. The van der Waals surface area contributed by atoms with Crippen LogP contribution in [-0.4, -0.2) is 35.8 Å². The Kier molecular flexibility index (Phi) is 8.47. The maximum absolute atomic E-state index is 6.26. The van der Waals surface area contributed by atoms with E-state index < -0.39 is 22.2 Å². The molecule has 0 atom stereocenters. The van der Waals surface area contributed by atoms with Gasteiger partial charge in [-0.05, 0) is 13.8 Å². The fraction of sp³-hybridized carbons (Fsp3) is 0.526. The summed E-state index contributed by atoms with van der Waals surface area (Å²) in [7, 11) is 20.3. The van der Waals surface area contributed by atoms with Crippen molar-refractivity contribution in [3.63, 3.8) is 0 Å². The monoisotopic (exact) mass is 517 g/mol. The van der Waals surface area contributed by atoms with Gasteiger partial charge in [-0.15, -0.1) is 0 Å². The summed E-state index contributed by atoms with van der Waals surface area (Å²) >= 11 is -1.33. The van der Waals surface area contributed by atoms with Crippen molar-refractivity contribution in [2.24, 2.45) is 14.1 Å². The Morgan fingerprint density at radius 3 is 1.73 bits per heavy atom. The first-order valence-electron chi connectivity index (χ1n) is 9.20. The summed E-state index contributed by atoms with van der Waals surface area (Å²) in [6, 6.07) is 0.338. The van der Waals surface area contributed by atoms with Crippen LogP contribution in [0.4, 0.5) is 0 Å². The third-order valence-corrected chi connectivity index (χ3v) is 5.30. The molecule has 3 aromatic heterocycles. The summed E-state index contributed by atoms with van der Waals surface area (Å²) in [5.41, 5.74) is -0.501. The number of imidazole rings is 3. The minimum absolute atomic E-state index is 0.338. The molecule has 3 aromatic rings. The second kappa shape index (κ2) is 10.1. The second-order valence-electron chi connectivity index (χ2n) is 7.69. The van der Waals surface area contributed by atoms with E-state index in [1.54, 1.807) is 19.5 Å². The molecule has 30 heavy (non-hydrogen) atoms. The Labute approximate surface area is 194 Å². The SMILES string of the molecule is COC(c1nccn1C)(c1nccn1C)C(C)(C)c1cn(C(C)C)cn1.[Cl][Fe]([Cl])[Cl]. The van der Waals surface area contributed by atoms with Crippen LogP contribution in [0.25, 0.3) is 0 Å². The van der Waals surface area contributed by atoms with Crippen LogP contribution in [0.5, 0.6) is 0 Å². The number of ether oxygens (including phenoxy) is 1. The summed E-state index contributed by atoms with van der Waals surface area (Å²) in [6.07, 6.45) is 11.4. The molecule has 0 N–H and O–H groups in total. The number of nitrogens with zero attached hydrogens (tertiary/aromatic N) is 6. The van der Waals surface area contributed by atoms with Crippen molar-refractivity contribution >= 4 is 30.3 Å². The zero-order chi connectivity index (χ0) is 22.7. The molecule has 3 rings (SSSR count). The van der Waals surface area contributed by atoms with Gasteiger partial charge in [-0.3, -0.25) is 0 Å². The number of aromatic nitrogens is 6. The topological polar surface area (TPSA) is 62.7 Å². The van der Waals surface area contributed by atoms with Crippen LogP contribution in [0.1, 0.15) is 51.1 Å². The first kappa shape index (κ1) is 25.2. The van der Waals surface area contributed by atoms with Crippen molar-refractivity contribution < 1.29 is 15.9 Å². The van der Waals surface area contributed by atoms with Gasteiger partial charge in [0.1, 0.15) is 11.6 Å². The molecular formula is C19H28Cl3FeN6O. The summed E-state index contributed by atoms with van der Waals surface area (Å²) in [4.78, 5) is 14.0. The Hall–Kier alpha value is -1.02. The molecule has 0 aromatic carbocycles. The van der Waals surface area contributed by atoms with Crippen LogP contribution in [0.15, 0.2) is 37.3 Å². The quantitative estimate of drug-likeness (QED) is 0.437. The summed E-state index contributed by atoms with van der Waals surface area (Å²) in [5, 5.41) is 0. The van der Waals surface area contributed by atoms with Crippen LogP contribution in [-0.2, 0) is 41.0 Å².